The molecular weight excluding hydrogens is 416 g/mol. The first kappa shape index (κ1) is 22.3. The molecule has 0 aliphatic rings. The van der Waals surface area contributed by atoms with E-state index in [-0.39, 0.29) is 12.5 Å². The molecule has 7 nitrogen and oxygen atoms in total. The second-order valence-electron chi connectivity index (χ2n) is 6.39. The number of carbonyl (C=O) groups is 2. The van der Waals surface area contributed by atoms with Gasteiger partial charge >= 0.3 is 6.09 Å². The van der Waals surface area contributed by atoms with Crippen LogP contribution < -0.4 is 15.4 Å². The molecule has 1 heterocycles. The Kier molecular flexibility index (Phi) is 8.03. The highest BCUT2D eigenvalue weighted by atomic mass is 32.1. The van der Waals surface area contributed by atoms with E-state index in [1.165, 1.54) is 18.4 Å². The lowest BCUT2D eigenvalue weighted by molar-refractivity contribution is 0.102. The molecule has 0 saturated carbocycles. The summed E-state index contributed by atoms with van der Waals surface area (Å²) in [6, 6.07) is 18.5. The molecule has 0 bridgehead atoms. The summed E-state index contributed by atoms with van der Waals surface area (Å²) in [6.45, 7) is 2.80. The van der Waals surface area contributed by atoms with Gasteiger partial charge < -0.3 is 19.5 Å². The summed E-state index contributed by atoms with van der Waals surface area (Å²) >= 11 is 1.37. The van der Waals surface area contributed by atoms with E-state index in [1.807, 2.05) is 43.3 Å². The molecule has 31 heavy (non-hydrogen) atoms. The van der Waals surface area contributed by atoms with Gasteiger partial charge in [-0.1, -0.05) is 36.4 Å². The molecule has 0 radical (unpaired) electrons. The molecular formula is C23H24N2O5S. The third kappa shape index (κ3) is 6.31. The predicted octanol–water partition coefficient (Wildman–Crippen LogP) is 5.26. The third-order valence-electron chi connectivity index (χ3n) is 4.15. The molecule has 162 valence electrons. The van der Waals surface area contributed by atoms with Crippen molar-refractivity contribution in [2.24, 2.45) is 0 Å². The van der Waals surface area contributed by atoms with E-state index in [2.05, 4.69) is 10.6 Å². The number of hydrogen-bond acceptors (Lipinski definition) is 6. The van der Waals surface area contributed by atoms with E-state index in [1.54, 1.807) is 24.3 Å². The normalized spacial score (nSPS) is 10.4. The van der Waals surface area contributed by atoms with Gasteiger partial charge in [-0.2, -0.15) is 0 Å². The minimum absolute atomic E-state index is 0.154. The van der Waals surface area contributed by atoms with E-state index in [0.29, 0.717) is 35.2 Å². The van der Waals surface area contributed by atoms with Crippen molar-refractivity contribution < 1.29 is 23.8 Å². The van der Waals surface area contributed by atoms with Gasteiger partial charge in [-0.15, -0.1) is 11.3 Å². The smallest absolute Gasteiger partial charge is 0.411 e. The van der Waals surface area contributed by atoms with Gasteiger partial charge in [0.2, 0.25) is 0 Å². The van der Waals surface area contributed by atoms with Crippen molar-refractivity contribution in [3.8, 4) is 16.2 Å². The minimum Gasteiger partial charge on any atom is -0.492 e. The summed E-state index contributed by atoms with van der Waals surface area (Å²) in [5, 5.41) is 5.49. The Balaban J connectivity index is 1.72. The van der Waals surface area contributed by atoms with Crippen LogP contribution in [-0.2, 0) is 9.47 Å². The fourth-order valence-corrected chi connectivity index (χ4v) is 3.78. The average molecular weight is 441 g/mol. The van der Waals surface area contributed by atoms with E-state index in [9.17, 15) is 9.59 Å². The maximum absolute atomic E-state index is 13.0. The molecule has 8 heteroatoms. The first-order chi connectivity index (χ1) is 15.1. The highest BCUT2D eigenvalue weighted by molar-refractivity contribution is 7.17. The molecule has 2 aromatic carbocycles. The second kappa shape index (κ2) is 11.1. The van der Waals surface area contributed by atoms with Gasteiger partial charge in [0.15, 0.2) is 0 Å². The molecule has 0 aliphatic heterocycles. The molecule has 3 aromatic rings. The van der Waals surface area contributed by atoms with Crippen LogP contribution in [0.15, 0.2) is 60.7 Å². The molecule has 2 amide bonds. The molecule has 0 atom stereocenters. The average Bonchev–Trinajstić information content (AvgIpc) is 3.19. The highest BCUT2D eigenvalue weighted by Gasteiger charge is 2.19. The molecule has 2 N–H and O–H groups in total. The fraction of sp³-hybridized carbons (Fsp3) is 0.217. The lowest BCUT2D eigenvalue weighted by Crippen LogP contribution is -2.16. The van der Waals surface area contributed by atoms with E-state index >= 15 is 0 Å². The topological polar surface area (TPSA) is 85.9 Å². The number of carbonyl (C=O) groups excluding carboxylic acids is 2. The number of amides is 2. The van der Waals surface area contributed by atoms with Crippen LogP contribution in [0.5, 0.6) is 5.75 Å². The number of ether oxygens (including phenoxy) is 3. The number of anilines is 2. The van der Waals surface area contributed by atoms with Crippen molar-refractivity contribution in [2.75, 3.05) is 37.6 Å². The Hall–Kier alpha value is -3.36. The largest absolute Gasteiger partial charge is 0.492 e. The number of hydrogen-bond donors (Lipinski definition) is 2. The van der Waals surface area contributed by atoms with Crippen molar-refractivity contribution in [3.05, 3.63) is 65.5 Å². The zero-order valence-corrected chi connectivity index (χ0v) is 18.2. The van der Waals surface area contributed by atoms with Gasteiger partial charge in [0.05, 0.1) is 13.2 Å². The van der Waals surface area contributed by atoms with Crippen LogP contribution in [0.25, 0.3) is 10.4 Å². The zero-order valence-electron chi connectivity index (χ0n) is 17.3. The van der Waals surface area contributed by atoms with E-state index in [0.717, 1.165) is 10.4 Å². The second-order valence-corrected chi connectivity index (χ2v) is 7.44. The van der Waals surface area contributed by atoms with Crippen LogP contribution in [-0.4, -0.2) is 38.9 Å². The number of nitrogens with one attached hydrogen (secondary N) is 2. The molecule has 0 unspecified atom stereocenters. The first-order valence-electron chi connectivity index (χ1n) is 9.77. The van der Waals surface area contributed by atoms with Crippen molar-refractivity contribution in [2.45, 2.75) is 6.92 Å². The van der Waals surface area contributed by atoms with Crippen LogP contribution in [0, 0.1) is 0 Å². The number of thiophene rings is 1. The Morgan fingerprint density at radius 3 is 2.39 bits per heavy atom. The number of rotatable bonds is 9. The first-order valence-corrected chi connectivity index (χ1v) is 10.6. The number of methoxy groups -OCH3 is 1. The van der Waals surface area contributed by atoms with Gasteiger partial charge in [0.25, 0.3) is 5.91 Å². The van der Waals surface area contributed by atoms with Crippen molar-refractivity contribution in [1.29, 1.82) is 0 Å². The molecule has 0 spiro atoms. The van der Waals surface area contributed by atoms with Crippen LogP contribution >= 0.6 is 11.3 Å². The van der Waals surface area contributed by atoms with Crippen molar-refractivity contribution in [3.63, 3.8) is 0 Å². The summed E-state index contributed by atoms with van der Waals surface area (Å²) < 4.78 is 15.5. The monoisotopic (exact) mass is 440 g/mol. The minimum atomic E-state index is -0.593. The van der Waals surface area contributed by atoms with Crippen LogP contribution in [0.2, 0.25) is 0 Å². The summed E-state index contributed by atoms with van der Waals surface area (Å²) in [7, 11) is 1.53. The lowest BCUT2D eigenvalue weighted by Gasteiger charge is -2.09. The predicted molar refractivity (Wildman–Crippen MR) is 122 cm³/mol. The molecule has 0 saturated heterocycles. The zero-order chi connectivity index (χ0) is 22.1. The van der Waals surface area contributed by atoms with Gasteiger partial charge in [-0.3, -0.25) is 10.1 Å². The molecule has 0 aliphatic carbocycles. The quantitative estimate of drug-likeness (QED) is 0.443. The Morgan fingerprint density at radius 2 is 1.68 bits per heavy atom. The molecule has 3 rings (SSSR count). The van der Waals surface area contributed by atoms with E-state index in [4.69, 9.17) is 14.2 Å². The third-order valence-corrected chi connectivity index (χ3v) is 5.31. The van der Waals surface area contributed by atoms with Crippen LogP contribution in [0.3, 0.4) is 0 Å². The molecule has 0 fully saturated rings. The Morgan fingerprint density at radius 1 is 0.935 bits per heavy atom. The van der Waals surface area contributed by atoms with Gasteiger partial charge in [0, 0.05) is 23.4 Å². The van der Waals surface area contributed by atoms with Gasteiger partial charge in [0.1, 0.15) is 17.2 Å². The summed E-state index contributed by atoms with van der Waals surface area (Å²) in [6.07, 6.45) is -0.593. The number of benzene rings is 2. The van der Waals surface area contributed by atoms with Crippen molar-refractivity contribution >= 4 is 34.7 Å². The van der Waals surface area contributed by atoms with Crippen molar-refractivity contribution in [1.82, 2.24) is 0 Å². The van der Waals surface area contributed by atoms with Gasteiger partial charge in [-0.05, 0) is 36.8 Å². The van der Waals surface area contributed by atoms with Crippen LogP contribution in [0.4, 0.5) is 16.2 Å². The maximum atomic E-state index is 13.0. The highest BCUT2D eigenvalue weighted by Crippen LogP contribution is 2.37. The summed E-state index contributed by atoms with van der Waals surface area (Å²) in [4.78, 5) is 26.2. The van der Waals surface area contributed by atoms with Gasteiger partial charge in [-0.25, -0.2) is 4.79 Å². The maximum Gasteiger partial charge on any atom is 0.411 e. The SMILES string of the molecule is CCOc1cc(-c2ccccc2)sc1C(=O)Nc1cccc(NC(=O)OCCOC)c1. The summed E-state index contributed by atoms with van der Waals surface area (Å²) in [5.41, 5.74) is 2.06. The lowest BCUT2D eigenvalue weighted by atomic mass is 10.2. The fourth-order valence-electron chi connectivity index (χ4n) is 2.77. The molecule has 1 aromatic heterocycles. The summed E-state index contributed by atoms with van der Waals surface area (Å²) in [5.74, 6) is 0.260. The Labute approximate surface area is 185 Å². The van der Waals surface area contributed by atoms with E-state index < -0.39 is 6.09 Å². The van der Waals surface area contributed by atoms with Crippen LogP contribution in [0.1, 0.15) is 16.6 Å². The Bertz CT molecular complexity index is 1020. The standard InChI is InChI=1S/C23H24N2O5S/c1-3-29-19-15-20(16-8-5-4-6-9-16)31-21(19)22(26)24-17-10-7-11-18(14-17)25-23(27)30-13-12-28-2/h4-11,14-15H,3,12-13H2,1-2H3,(H,24,26)(H,25,27).